The zero-order chi connectivity index (χ0) is 13.4. The monoisotopic (exact) mass is 261 g/mol. The van der Waals surface area contributed by atoms with Crippen LogP contribution < -0.4 is 5.32 Å². The number of hydrogen-bond donors (Lipinski definition) is 1. The maximum atomic E-state index is 4.94. The van der Waals surface area contributed by atoms with Crippen LogP contribution in [-0.4, -0.2) is 16.1 Å². The van der Waals surface area contributed by atoms with Gasteiger partial charge < -0.3 is 9.88 Å². The van der Waals surface area contributed by atoms with Gasteiger partial charge >= 0.3 is 0 Å². The second-order valence-corrected chi connectivity index (χ2v) is 6.60. The number of hydrogen-bond acceptors (Lipinski definition) is 2. The van der Waals surface area contributed by atoms with E-state index in [-0.39, 0.29) is 0 Å². The summed E-state index contributed by atoms with van der Waals surface area (Å²) in [6, 6.07) is 0.634. The van der Waals surface area contributed by atoms with Gasteiger partial charge in [0.1, 0.15) is 5.82 Å². The Morgan fingerprint density at radius 2 is 1.95 bits per heavy atom. The van der Waals surface area contributed by atoms with E-state index in [4.69, 9.17) is 4.98 Å². The second-order valence-electron chi connectivity index (χ2n) is 6.60. The van der Waals surface area contributed by atoms with Crippen LogP contribution in [0.5, 0.6) is 0 Å². The molecule has 1 fully saturated rings. The smallest absolute Gasteiger partial charge is 0.112 e. The van der Waals surface area contributed by atoms with E-state index in [1.165, 1.54) is 42.9 Å². The van der Waals surface area contributed by atoms with Gasteiger partial charge in [-0.25, -0.2) is 4.98 Å². The van der Waals surface area contributed by atoms with E-state index in [0.29, 0.717) is 12.0 Å². The third-order valence-electron chi connectivity index (χ3n) is 4.96. The highest BCUT2D eigenvalue weighted by atomic mass is 15.1. The Morgan fingerprint density at radius 3 is 2.63 bits per heavy atom. The van der Waals surface area contributed by atoms with Gasteiger partial charge in [0.05, 0.1) is 5.69 Å². The second kappa shape index (κ2) is 5.28. The molecule has 3 nitrogen and oxygen atoms in total. The fraction of sp³-hybridized carbons (Fsp3) is 0.812. The highest BCUT2D eigenvalue weighted by Crippen LogP contribution is 2.37. The van der Waals surface area contributed by atoms with Crippen LogP contribution in [0.4, 0.5) is 0 Å². The topological polar surface area (TPSA) is 29.9 Å². The van der Waals surface area contributed by atoms with Gasteiger partial charge in [-0.2, -0.15) is 0 Å². The summed E-state index contributed by atoms with van der Waals surface area (Å²) >= 11 is 0. The van der Waals surface area contributed by atoms with Gasteiger partial charge in [0, 0.05) is 37.2 Å². The number of nitrogens with zero attached hydrogens (tertiary/aromatic N) is 2. The first-order valence-electron chi connectivity index (χ1n) is 7.99. The number of aromatic nitrogens is 2. The van der Waals surface area contributed by atoms with E-state index in [1.54, 1.807) is 0 Å². The van der Waals surface area contributed by atoms with Gasteiger partial charge in [-0.1, -0.05) is 26.7 Å². The zero-order valence-corrected chi connectivity index (χ0v) is 12.6. The fourth-order valence-electron chi connectivity index (χ4n) is 3.87. The minimum absolute atomic E-state index is 0.523. The Hall–Kier alpha value is -0.830. The van der Waals surface area contributed by atoms with Crippen LogP contribution in [0.2, 0.25) is 0 Å². The Morgan fingerprint density at radius 1 is 1.21 bits per heavy atom. The van der Waals surface area contributed by atoms with Crippen LogP contribution in [0.15, 0.2) is 0 Å². The van der Waals surface area contributed by atoms with Crippen LogP contribution in [-0.2, 0) is 13.0 Å². The molecule has 0 saturated heterocycles. The lowest BCUT2D eigenvalue weighted by atomic mass is 9.98. The van der Waals surface area contributed by atoms with Gasteiger partial charge in [-0.05, 0) is 25.7 Å². The fourth-order valence-corrected chi connectivity index (χ4v) is 3.87. The quantitative estimate of drug-likeness (QED) is 0.903. The molecule has 0 amide bonds. The lowest BCUT2D eigenvalue weighted by Gasteiger charge is -2.27. The highest BCUT2D eigenvalue weighted by molar-refractivity contribution is 5.23. The van der Waals surface area contributed by atoms with Crippen LogP contribution in [0, 0.1) is 5.92 Å². The Kier molecular flexibility index (Phi) is 3.66. The summed E-state index contributed by atoms with van der Waals surface area (Å²) in [5, 5.41) is 3.45. The molecule has 0 bridgehead atoms. The Labute approximate surface area is 116 Å². The Bertz CT molecular complexity index is 441. The SMILES string of the molecule is CC(C)c1nc2c(n1C(C)C1CCCC1)CCNC2. The summed E-state index contributed by atoms with van der Waals surface area (Å²) in [6.07, 6.45) is 6.80. The molecule has 2 aliphatic rings. The van der Waals surface area contributed by atoms with Crippen molar-refractivity contribution in [3.63, 3.8) is 0 Å². The first-order valence-corrected chi connectivity index (χ1v) is 7.99. The van der Waals surface area contributed by atoms with E-state index in [0.717, 1.165) is 25.4 Å². The van der Waals surface area contributed by atoms with Crippen molar-refractivity contribution >= 4 is 0 Å². The van der Waals surface area contributed by atoms with Gasteiger partial charge in [0.25, 0.3) is 0 Å². The lowest BCUT2D eigenvalue weighted by molar-refractivity contribution is 0.340. The molecule has 2 heterocycles. The summed E-state index contributed by atoms with van der Waals surface area (Å²) < 4.78 is 2.61. The normalized spacial score (nSPS) is 21.9. The van der Waals surface area contributed by atoms with Gasteiger partial charge in [0.2, 0.25) is 0 Å². The molecule has 3 heteroatoms. The molecule has 1 aromatic rings. The molecule has 0 spiro atoms. The predicted octanol–water partition coefficient (Wildman–Crippen LogP) is 3.40. The van der Waals surface area contributed by atoms with Gasteiger partial charge in [-0.15, -0.1) is 0 Å². The number of imidazole rings is 1. The van der Waals surface area contributed by atoms with Crippen molar-refractivity contribution in [3.8, 4) is 0 Å². The molecule has 19 heavy (non-hydrogen) atoms. The van der Waals surface area contributed by atoms with Crippen LogP contribution in [0.3, 0.4) is 0 Å². The molecule has 0 aromatic carbocycles. The molecule has 3 rings (SSSR count). The van der Waals surface area contributed by atoms with Crippen molar-refractivity contribution < 1.29 is 0 Å². The van der Waals surface area contributed by atoms with Crippen molar-refractivity contribution in [2.45, 2.75) is 71.4 Å². The predicted molar refractivity (Wildman–Crippen MR) is 78.4 cm³/mol. The summed E-state index contributed by atoms with van der Waals surface area (Å²) in [5.74, 6) is 2.70. The van der Waals surface area contributed by atoms with Crippen molar-refractivity contribution in [2.75, 3.05) is 6.54 Å². The minimum atomic E-state index is 0.523. The molecule has 1 unspecified atom stereocenters. The molecular formula is C16H27N3. The largest absolute Gasteiger partial charge is 0.328 e. The standard InChI is InChI=1S/C16H27N3/c1-11(2)16-18-14-10-17-9-8-15(14)19(16)12(3)13-6-4-5-7-13/h11-13,17H,4-10H2,1-3H3. The van der Waals surface area contributed by atoms with Crippen molar-refractivity contribution in [1.29, 1.82) is 0 Å². The molecule has 1 aliphatic carbocycles. The van der Waals surface area contributed by atoms with Crippen LogP contribution in [0.25, 0.3) is 0 Å². The van der Waals surface area contributed by atoms with E-state index >= 15 is 0 Å². The minimum Gasteiger partial charge on any atom is -0.328 e. The number of rotatable bonds is 3. The maximum Gasteiger partial charge on any atom is 0.112 e. The third-order valence-corrected chi connectivity index (χ3v) is 4.96. The summed E-state index contributed by atoms with van der Waals surface area (Å²) in [7, 11) is 0. The summed E-state index contributed by atoms with van der Waals surface area (Å²) in [5.41, 5.74) is 2.82. The van der Waals surface area contributed by atoms with Crippen molar-refractivity contribution in [3.05, 3.63) is 17.2 Å². The van der Waals surface area contributed by atoms with E-state index in [9.17, 15) is 0 Å². The average molecular weight is 261 g/mol. The molecule has 1 saturated carbocycles. The van der Waals surface area contributed by atoms with Crippen molar-refractivity contribution in [2.24, 2.45) is 5.92 Å². The van der Waals surface area contributed by atoms with E-state index in [1.807, 2.05) is 0 Å². The molecule has 1 N–H and O–H groups in total. The van der Waals surface area contributed by atoms with Gasteiger partial charge in [-0.3, -0.25) is 0 Å². The number of fused-ring (bicyclic) bond motifs is 1. The van der Waals surface area contributed by atoms with E-state index < -0.39 is 0 Å². The first kappa shape index (κ1) is 13.2. The zero-order valence-electron chi connectivity index (χ0n) is 12.6. The molecular weight excluding hydrogens is 234 g/mol. The summed E-state index contributed by atoms with van der Waals surface area (Å²) in [4.78, 5) is 4.94. The maximum absolute atomic E-state index is 4.94. The van der Waals surface area contributed by atoms with Crippen molar-refractivity contribution in [1.82, 2.24) is 14.9 Å². The van der Waals surface area contributed by atoms with Gasteiger partial charge in [0.15, 0.2) is 0 Å². The third kappa shape index (κ3) is 2.33. The van der Waals surface area contributed by atoms with Crippen LogP contribution >= 0.6 is 0 Å². The Balaban J connectivity index is 1.99. The molecule has 0 radical (unpaired) electrons. The molecule has 106 valence electrons. The average Bonchev–Trinajstić information content (AvgIpc) is 3.05. The molecule has 1 aromatic heterocycles. The summed E-state index contributed by atoms with van der Waals surface area (Å²) in [6.45, 7) is 9.04. The first-order chi connectivity index (χ1) is 9.18. The van der Waals surface area contributed by atoms with E-state index in [2.05, 4.69) is 30.7 Å². The molecule has 1 aliphatic heterocycles. The lowest BCUT2D eigenvalue weighted by Crippen LogP contribution is -2.27. The molecule has 1 atom stereocenters. The number of nitrogens with one attached hydrogen (secondary N) is 1. The van der Waals surface area contributed by atoms with Crippen LogP contribution in [0.1, 0.15) is 75.6 Å². The highest BCUT2D eigenvalue weighted by Gasteiger charge is 2.29.